The molecule has 0 bridgehead atoms. The maximum absolute atomic E-state index is 12.1. The van der Waals surface area contributed by atoms with Gasteiger partial charge in [-0.15, -0.1) is 0 Å². The molecule has 1 heterocycles. The first-order valence-electron chi connectivity index (χ1n) is 6.26. The summed E-state index contributed by atoms with van der Waals surface area (Å²) < 4.78 is 5.17. The lowest BCUT2D eigenvalue weighted by Crippen LogP contribution is -2.49. The van der Waals surface area contributed by atoms with Crippen LogP contribution in [0.15, 0.2) is 18.2 Å². The quantitative estimate of drug-likeness (QED) is 0.764. The fraction of sp³-hybridized carbons (Fsp3) is 0.429. The Balaban J connectivity index is 2.15. The van der Waals surface area contributed by atoms with Crippen LogP contribution < -0.4 is 5.32 Å². The second-order valence-corrected chi connectivity index (χ2v) is 5.27. The van der Waals surface area contributed by atoms with Gasteiger partial charge in [0.15, 0.2) is 0 Å². The van der Waals surface area contributed by atoms with Crippen LogP contribution in [0.4, 0.5) is 0 Å². The molecule has 1 fully saturated rings. The van der Waals surface area contributed by atoms with Gasteiger partial charge in [-0.3, -0.25) is 9.59 Å². The number of carboxylic acid groups (broad SMARTS) is 1. The molecule has 1 aliphatic heterocycles. The van der Waals surface area contributed by atoms with Crippen molar-refractivity contribution in [2.24, 2.45) is 5.41 Å². The van der Waals surface area contributed by atoms with E-state index in [1.54, 1.807) is 26.0 Å². The van der Waals surface area contributed by atoms with Crippen molar-refractivity contribution in [2.75, 3.05) is 13.2 Å². The molecule has 0 radical (unpaired) electrons. The van der Waals surface area contributed by atoms with Gasteiger partial charge in [0.25, 0.3) is 5.91 Å². The Bertz CT molecular complexity index is 556. The molecule has 6 nitrogen and oxygen atoms in total. The lowest BCUT2D eigenvalue weighted by atomic mass is 9.85. The number of carbonyl (C=O) groups is 2. The van der Waals surface area contributed by atoms with Crippen molar-refractivity contribution in [3.63, 3.8) is 0 Å². The average molecular weight is 279 g/mol. The van der Waals surface area contributed by atoms with Gasteiger partial charge in [-0.25, -0.2) is 0 Å². The molecule has 1 amide bonds. The molecule has 0 aliphatic carbocycles. The van der Waals surface area contributed by atoms with Crippen molar-refractivity contribution in [2.45, 2.75) is 19.9 Å². The third kappa shape index (κ3) is 2.46. The molecule has 0 saturated carbocycles. The first-order chi connectivity index (χ1) is 9.34. The normalized spacial score (nSPS) is 25.4. The van der Waals surface area contributed by atoms with Gasteiger partial charge in [-0.2, -0.15) is 0 Å². The Kier molecular flexibility index (Phi) is 3.67. The van der Waals surface area contributed by atoms with Crippen LogP contribution in [0.25, 0.3) is 0 Å². The van der Waals surface area contributed by atoms with Gasteiger partial charge in [0.05, 0.1) is 19.3 Å². The van der Waals surface area contributed by atoms with E-state index >= 15 is 0 Å². The van der Waals surface area contributed by atoms with Crippen molar-refractivity contribution in [3.05, 3.63) is 29.3 Å². The summed E-state index contributed by atoms with van der Waals surface area (Å²) >= 11 is 0. The van der Waals surface area contributed by atoms with Gasteiger partial charge in [-0.05, 0) is 31.5 Å². The predicted molar refractivity (Wildman–Crippen MR) is 70.7 cm³/mol. The van der Waals surface area contributed by atoms with Crippen molar-refractivity contribution in [1.82, 2.24) is 5.32 Å². The number of benzene rings is 1. The minimum atomic E-state index is -1.14. The number of aliphatic carboxylic acids is 1. The van der Waals surface area contributed by atoms with E-state index in [1.165, 1.54) is 6.07 Å². The topological polar surface area (TPSA) is 95.9 Å². The number of nitrogens with one attached hydrogen (secondary N) is 1. The number of carbonyl (C=O) groups excluding carboxylic acids is 1. The molecule has 108 valence electrons. The van der Waals surface area contributed by atoms with E-state index in [0.29, 0.717) is 5.56 Å². The lowest BCUT2D eigenvalue weighted by Gasteiger charge is -2.25. The number of hydrogen-bond donors (Lipinski definition) is 3. The van der Waals surface area contributed by atoms with E-state index in [9.17, 15) is 19.8 Å². The number of aryl methyl sites for hydroxylation is 1. The zero-order valence-corrected chi connectivity index (χ0v) is 11.3. The summed E-state index contributed by atoms with van der Waals surface area (Å²) in [6, 6.07) is 3.97. The standard InChI is InChI=1S/C14H17NO5/c1-8-3-4-9(5-10(8)16)12(17)15-11-6-20-7-14(11,2)13(18)19/h3-5,11,16H,6-7H2,1-2H3,(H,15,17)(H,18,19). The van der Waals surface area contributed by atoms with Gasteiger partial charge < -0.3 is 20.3 Å². The van der Waals surface area contributed by atoms with E-state index < -0.39 is 23.3 Å². The van der Waals surface area contributed by atoms with Crippen LogP contribution >= 0.6 is 0 Å². The van der Waals surface area contributed by atoms with Crippen molar-refractivity contribution in [3.8, 4) is 5.75 Å². The van der Waals surface area contributed by atoms with Crippen LogP contribution in [0.1, 0.15) is 22.8 Å². The van der Waals surface area contributed by atoms with Gasteiger partial charge in [0, 0.05) is 5.56 Å². The number of rotatable bonds is 3. The van der Waals surface area contributed by atoms with Crippen LogP contribution in [0, 0.1) is 12.3 Å². The van der Waals surface area contributed by atoms with Crippen molar-refractivity contribution >= 4 is 11.9 Å². The molecule has 6 heteroatoms. The molecule has 2 unspecified atom stereocenters. The minimum Gasteiger partial charge on any atom is -0.508 e. The number of phenolic OH excluding ortho intramolecular Hbond substituents is 1. The summed E-state index contributed by atoms with van der Waals surface area (Å²) in [5.41, 5.74) is -0.184. The van der Waals surface area contributed by atoms with E-state index in [0.717, 1.165) is 0 Å². The molecule has 3 N–H and O–H groups in total. The maximum atomic E-state index is 12.1. The fourth-order valence-electron chi connectivity index (χ4n) is 2.08. The van der Waals surface area contributed by atoms with E-state index in [2.05, 4.69) is 5.32 Å². The Morgan fingerprint density at radius 1 is 1.45 bits per heavy atom. The second-order valence-electron chi connectivity index (χ2n) is 5.27. The molecule has 2 rings (SSSR count). The molecule has 20 heavy (non-hydrogen) atoms. The first kappa shape index (κ1) is 14.3. The van der Waals surface area contributed by atoms with Gasteiger partial charge >= 0.3 is 5.97 Å². The van der Waals surface area contributed by atoms with Crippen molar-refractivity contribution in [1.29, 1.82) is 0 Å². The monoisotopic (exact) mass is 279 g/mol. The third-order valence-electron chi connectivity index (χ3n) is 3.72. The summed E-state index contributed by atoms with van der Waals surface area (Å²) in [5, 5.41) is 21.5. The summed E-state index contributed by atoms with van der Waals surface area (Å²) in [6.45, 7) is 3.49. The van der Waals surface area contributed by atoms with Crippen LogP contribution in [0.2, 0.25) is 0 Å². The molecule has 1 aromatic rings. The highest BCUT2D eigenvalue weighted by Gasteiger charge is 2.47. The molecule has 1 saturated heterocycles. The van der Waals surface area contributed by atoms with E-state index in [4.69, 9.17) is 4.74 Å². The predicted octanol–water partition coefficient (Wildman–Crippen LogP) is 0.920. The highest BCUT2D eigenvalue weighted by atomic mass is 16.5. The number of hydrogen-bond acceptors (Lipinski definition) is 4. The number of phenols is 1. The summed E-state index contributed by atoms with van der Waals surface area (Å²) in [7, 11) is 0. The number of amides is 1. The molecular weight excluding hydrogens is 262 g/mol. The lowest BCUT2D eigenvalue weighted by molar-refractivity contribution is -0.148. The molecule has 1 aromatic carbocycles. The summed E-state index contributed by atoms with van der Waals surface area (Å²) in [6.07, 6.45) is 0. The van der Waals surface area contributed by atoms with Crippen molar-refractivity contribution < 1.29 is 24.5 Å². The average Bonchev–Trinajstić information content (AvgIpc) is 2.75. The molecule has 1 aliphatic rings. The van der Waals surface area contributed by atoms with Crippen LogP contribution in [-0.2, 0) is 9.53 Å². The second kappa shape index (κ2) is 5.13. The van der Waals surface area contributed by atoms with Gasteiger partial charge in [0.1, 0.15) is 11.2 Å². The first-order valence-corrected chi connectivity index (χ1v) is 6.26. The highest BCUT2D eigenvalue weighted by Crippen LogP contribution is 2.29. The Hall–Kier alpha value is -2.08. The maximum Gasteiger partial charge on any atom is 0.313 e. The minimum absolute atomic E-state index is 0.0290. The Morgan fingerprint density at radius 2 is 2.15 bits per heavy atom. The number of aromatic hydroxyl groups is 1. The fourth-order valence-corrected chi connectivity index (χ4v) is 2.08. The van der Waals surface area contributed by atoms with Crippen LogP contribution in [0.5, 0.6) is 5.75 Å². The largest absolute Gasteiger partial charge is 0.508 e. The summed E-state index contributed by atoms with van der Waals surface area (Å²) in [5.74, 6) is -1.41. The molecule has 2 atom stereocenters. The molecule has 0 spiro atoms. The SMILES string of the molecule is Cc1ccc(C(=O)NC2COCC2(C)C(=O)O)cc1O. The Labute approximate surface area is 116 Å². The molecule has 0 aromatic heterocycles. The van der Waals surface area contributed by atoms with Gasteiger partial charge in [-0.1, -0.05) is 6.07 Å². The number of carboxylic acids is 1. The zero-order chi connectivity index (χ0) is 14.9. The Morgan fingerprint density at radius 3 is 2.75 bits per heavy atom. The molecular formula is C14H17NO5. The highest BCUT2D eigenvalue weighted by molar-refractivity contribution is 5.95. The summed E-state index contributed by atoms with van der Waals surface area (Å²) in [4.78, 5) is 23.4. The van der Waals surface area contributed by atoms with E-state index in [-0.39, 0.29) is 24.5 Å². The van der Waals surface area contributed by atoms with Crippen LogP contribution in [0.3, 0.4) is 0 Å². The third-order valence-corrected chi connectivity index (χ3v) is 3.72. The van der Waals surface area contributed by atoms with Crippen LogP contribution in [-0.4, -0.2) is 41.3 Å². The smallest absolute Gasteiger partial charge is 0.313 e. The zero-order valence-electron chi connectivity index (χ0n) is 11.3. The van der Waals surface area contributed by atoms with E-state index in [1.807, 2.05) is 0 Å². The van der Waals surface area contributed by atoms with Gasteiger partial charge in [0.2, 0.25) is 0 Å². The number of ether oxygens (including phenoxy) is 1.